The van der Waals surface area contributed by atoms with Gasteiger partial charge >= 0.3 is 5.97 Å². The fourth-order valence-electron chi connectivity index (χ4n) is 1.64. The molecule has 0 aliphatic heterocycles. The van der Waals surface area contributed by atoms with E-state index in [0.29, 0.717) is 0 Å². The average molecular weight is 171 g/mol. The molecule has 0 spiro atoms. The number of aliphatic carboxylic acids is 1. The summed E-state index contributed by atoms with van der Waals surface area (Å²) in [6.07, 6.45) is 4.81. The van der Waals surface area contributed by atoms with Crippen molar-refractivity contribution < 1.29 is 9.90 Å². The molecule has 1 saturated carbocycles. The molecule has 0 amide bonds. The van der Waals surface area contributed by atoms with E-state index in [1.165, 1.54) is 19.3 Å². The Bertz CT molecular complexity index is 166. The van der Waals surface area contributed by atoms with Crippen LogP contribution in [0.25, 0.3) is 0 Å². The molecule has 2 unspecified atom stereocenters. The standard InChI is InChI=1S/C9H17NO2/c1-6(8(10)9(11)12)5-7-3-2-4-7/h6-8H,2-5,10H2,1H3,(H,11,12). The van der Waals surface area contributed by atoms with Gasteiger partial charge in [-0.15, -0.1) is 0 Å². The number of rotatable bonds is 4. The molecule has 0 aromatic rings. The van der Waals surface area contributed by atoms with Gasteiger partial charge in [-0.3, -0.25) is 4.79 Å². The van der Waals surface area contributed by atoms with E-state index in [0.717, 1.165) is 12.3 Å². The number of carboxylic acid groups (broad SMARTS) is 1. The lowest BCUT2D eigenvalue weighted by Gasteiger charge is -2.29. The summed E-state index contributed by atoms with van der Waals surface area (Å²) in [6, 6.07) is -0.675. The van der Waals surface area contributed by atoms with Crippen LogP contribution in [0, 0.1) is 11.8 Å². The van der Waals surface area contributed by atoms with Gasteiger partial charge in [-0.2, -0.15) is 0 Å². The van der Waals surface area contributed by atoms with Crippen molar-refractivity contribution in [1.29, 1.82) is 0 Å². The molecule has 3 heteroatoms. The molecule has 0 heterocycles. The van der Waals surface area contributed by atoms with Gasteiger partial charge in [0.05, 0.1) is 0 Å². The van der Waals surface area contributed by atoms with Gasteiger partial charge in [0, 0.05) is 0 Å². The smallest absolute Gasteiger partial charge is 0.320 e. The minimum atomic E-state index is -0.873. The van der Waals surface area contributed by atoms with Gasteiger partial charge in [0.15, 0.2) is 0 Å². The number of nitrogens with two attached hydrogens (primary N) is 1. The SMILES string of the molecule is CC(CC1CCC1)C(N)C(=O)O. The van der Waals surface area contributed by atoms with Gasteiger partial charge in [0.25, 0.3) is 0 Å². The van der Waals surface area contributed by atoms with Crippen molar-refractivity contribution in [3.63, 3.8) is 0 Å². The van der Waals surface area contributed by atoms with E-state index in [-0.39, 0.29) is 5.92 Å². The number of hydrogen-bond acceptors (Lipinski definition) is 2. The molecule has 1 fully saturated rings. The Kier molecular flexibility index (Phi) is 3.09. The molecule has 3 N–H and O–H groups in total. The zero-order valence-corrected chi connectivity index (χ0v) is 7.49. The predicted molar refractivity (Wildman–Crippen MR) is 46.7 cm³/mol. The van der Waals surface area contributed by atoms with Crippen LogP contribution in [0.3, 0.4) is 0 Å². The maximum atomic E-state index is 10.5. The molecule has 0 aromatic heterocycles. The van der Waals surface area contributed by atoms with E-state index in [4.69, 9.17) is 10.8 Å². The number of hydrogen-bond donors (Lipinski definition) is 2. The molecular weight excluding hydrogens is 154 g/mol. The van der Waals surface area contributed by atoms with Crippen LogP contribution in [0.4, 0.5) is 0 Å². The van der Waals surface area contributed by atoms with E-state index in [9.17, 15) is 4.79 Å². The molecule has 1 rings (SSSR count). The van der Waals surface area contributed by atoms with Crippen LogP contribution in [0.5, 0.6) is 0 Å². The van der Waals surface area contributed by atoms with Crippen molar-refractivity contribution in [2.24, 2.45) is 17.6 Å². The Hall–Kier alpha value is -0.570. The Morgan fingerprint density at radius 1 is 1.67 bits per heavy atom. The number of carboxylic acids is 1. The van der Waals surface area contributed by atoms with E-state index in [1.807, 2.05) is 6.92 Å². The van der Waals surface area contributed by atoms with E-state index < -0.39 is 12.0 Å². The summed E-state index contributed by atoms with van der Waals surface area (Å²) in [5.41, 5.74) is 5.49. The quantitative estimate of drug-likeness (QED) is 0.668. The third kappa shape index (κ3) is 2.21. The topological polar surface area (TPSA) is 63.3 Å². The summed E-state index contributed by atoms with van der Waals surface area (Å²) in [5, 5.41) is 8.63. The maximum absolute atomic E-state index is 10.5. The first kappa shape index (κ1) is 9.52. The first-order valence-electron chi connectivity index (χ1n) is 4.59. The molecule has 0 aromatic carbocycles. The Morgan fingerprint density at radius 2 is 2.25 bits per heavy atom. The summed E-state index contributed by atoms with van der Waals surface area (Å²) in [4.78, 5) is 10.5. The van der Waals surface area contributed by atoms with Crippen molar-refractivity contribution in [3.05, 3.63) is 0 Å². The van der Waals surface area contributed by atoms with Crippen molar-refractivity contribution in [1.82, 2.24) is 0 Å². The van der Waals surface area contributed by atoms with Crippen molar-refractivity contribution in [2.75, 3.05) is 0 Å². The largest absolute Gasteiger partial charge is 0.480 e. The maximum Gasteiger partial charge on any atom is 0.320 e. The zero-order chi connectivity index (χ0) is 9.14. The fourth-order valence-corrected chi connectivity index (χ4v) is 1.64. The summed E-state index contributed by atoms with van der Waals surface area (Å²) in [6.45, 7) is 1.93. The van der Waals surface area contributed by atoms with Crippen LogP contribution < -0.4 is 5.73 Å². The van der Waals surface area contributed by atoms with Gasteiger partial charge in [-0.1, -0.05) is 26.2 Å². The number of carbonyl (C=O) groups is 1. The van der Waals surface area contributed by atoms with Gasteiger partial charge < -0.3 is 10.8 Å². The molecule has 12 heavy (non-hydrogen) atoms. The first-order valence-corrected chi connectivity index (χ1v) is 4.59. The van der Waals surface area contributed by atoms with Gasteiger partial charge in [-0.05, 0) is 18.3 Å². The third-order valence-electron chi connectivity index (χ3n) is 2.83. The summed E-state index contributed by atoms with van der Waals surface area (Å²) < 4.78 is 0. The third-order valence-corrected chi connectivity index (χ3v) is 2.83. The lowest BCUT2D eigenvalue weighted by Crippen LogP contribution is -2.38. The Labute approximate surface area is 72.9 Å². The minimum absolute atomic E-state index is 0.118. The Morgan fingerprint density at radius 3 is 2.58 bits per heavy atom. The van der Waals surface area contributed by atoms with E-state index in [1.54, 1.807) is 0 Å². The zero-order valence-electron chi connectivity index (χ0n) is 7.49. The fraction of sp³-hybridized carbons (Fsp3) is 0.889. The summed E-state index contributed by atoms with van der Waals surface area (Å²) in [7, 11) is 0. The van der Waals surface area contributed by atoms with Crippen LogP contribution >= 0.6 is 0 Å². The molecule has 1 aliphatic carbocycles. The lowest BCUT2D eigenvalue weighted by atomic mass is 9.78. The van der Waals surface area contributed by atoms with Gasteiger partial charge in [-0.25, -0.2) is 0 Å². The highest BCUT2D eigenvalue weighted by molar-refractivity contribution is 5.73. The Balaban J connectivity index is 2.25. The van der Waals surface area contributed by atoms with E-state index >= 15 is 0 Å². The van der Waals surface area contributed by atoms with Crippen LogP contribution in [0.1, 0.15) is 32.6 Å². The second-order valence-electron chi connectivity index (χ2n) is 3.87. The van der Waals surface area contributed by atoms with E-state index in [2.05, 4.69) is 0 Å². The van der Waals surface area contributed by atoms with Crippen molar-refractivity contribution in [2.45, 2.75) is 38.6 Å². The van der Waals surface area contributed by atoms with Crippen molar-refractivity contribution in [3.8, 4) is 0 Å². The molecule has 0 bridgehead atoms. The van der Waals surface area contributed by atoms with Crippen LogP contribution in [0.2, 0.25) is 0 Å². The normalized spacial score (nSPS) is 22.8. The molecule has 2 atom stereocenters. The molecule has 3 nitrogen and oxygen atoms in total. The van der Waals surface area contributed by atoms with Crippen molar-refractivity contribution >= 4 is 5.97 Å². The van der Waals surface area contributed by atoms with Crippen LogP contribution in [-0.4, -0.2) is 17.1 Å². The monoisotopic (exact) mass is 171 g/mol. The lowest BCUT2D eigenvalue weighted by molar-refractivity contribution is -0.139. The average Bonchev–Trinajstić information content (AvgIpc) is 1.94. The molecule has 0 saturated heterocycles. The highest BCUT2D eigenvalue weighted by Crippen LogP contribution is 2.32. The predicted octanol–water partition coefficient (Wildman–Crippen LogP) is 1.22. The highest BCUT2D eigenvalue weighted by atomic mass is 16.4. The molecular formula is C9H17NO2. The molecule has 1 aliphatic rings. The van der Waals surface area contributed by atoms with Crippen LogP contribution in [-0.2, 0) is 4.79 Å². The second kappa shape index (κ2) is 3.90. The minimum Gasteiger partial charge on any atom is -0.480 e. The molecule has 70 valence electrons. The summed E-state index contributed by atoms with van der Waals surface area (Å²) in [5.74, 6) is -0.0139. The van der Waals surface area contributed by atoms with Gasteiger partial charge in [0.1, 0.15) is 6.04 Å². The van der Waals surface area contributed by atoms with Gasteiger partial charge in [0.2, 0.25) is 0 Å². The second-order valence-corrected chi connectivity index (χ2v) is 3.87. The molecule has 0 radical (unpaired) electrons. The van der Waals surface area contributed by atoms with Crippen LogP contribution in [0.15, 0.2) is 0 Å². The summed E-state index contributed by atoms with van der Waals surface area (Å²) >= 11 is 0. The first-order chi connectivity index (χ1) is 5.61. The highest BCUT2D eigenvalue weighted by Gasteiger charge is 2.26.